The highest BCUT2D eigenvalue weighted by Gasteiger charge is 1.85. The molecule has 0 amide bonds. The van der Waals surface area contributed by atoms with E-state index in [2.05, 4.69) is 0 Å². The Labute approximate surface area is 61.2 Å². The van der Waals surface area contributed by atoms with Crippen LogP contribution in [0.1, 0.15) is 6.92 Å². The summed E-state index contributed by atoms with van der Waals surface area (Å²) in [5.74, 6) is 0. The third-order valence-corrected chi connectivity index (χ3v) is 1.26. The monoisotopic (exact) mass is 133 g/mol. The second-order valence-electron chi connectivity index (χ2n) is 2.30. The van der Waals surface area contributed by atoms with Crippen molar-refractivity contribution in [1.82, 2.24) is 0 Å². The zero-order valence-corrected chi connectivity index (χ0v) is 6.04. The molecule has 0 aromatic carbocycles. The lowest BCUT2D eigenvalue weighted by Crippen LogP contribution is -1.92. The molecule has 1 rings (SSSR count). The van der Waals surface area contributed by atoms with Crippen molar-refractivity contribution in [2.75, 3.05) is 0 Å². The zero-order chi connectivity index (χ0) is 7.40. The van der Waals surface area contributed by atoms with Crippen molar-refractivity contribution >= 4 is 0 Å². The fourth-order valence-corrected chi connectivity index (χ4v) is 0.797. The van der Waals surface area contributed by atoms with Gasteiger partial charge in [-0.1, -0.05) is 24.3 Å². The zero-order valence-electron chi connectivity index (χ0n) is 6.04. The molecule has 0 spiro atoms. The standard InChI is InChI=1S/C9H11N/c1-8-5-3-2-4-6-9(10)7-8/h2-7H,10H2,1H3/b3-2-,4-2?,5-3?,6-4-,8-5-,8-7?,9-6?,9-7+. The molecule has 0 atom stereocenters. The van der Waals surface area contributed by atoms with Gasteiger partial charge < -0.3 is 5.73 Å². The molecule has 0 unspecified atom stereocenters. The maximum Gasteiger partial charge on any atom is 0.0316 e. The van der Waals surface area contributed by atoms with Gasteiger partial charge in [-0.3, -0.25) is 0 Å². The Kier molecular flexibility index (Phi) is 2.11. The predicted octanol–water partition coefficient (Wildman–Crippen LogP) is 1.90. The van der Waals surface area contributed by atoms with Crippen LogP contribution >= 0.6 is 0 Å². The van der Waals surface area contributed by atoms with Crippen molar-refractivity contribution in [1.29, 1.82) is 0 Å². The van der Waals surface area contributed by atoms with Crippen LogP contribution in [-0.2, 0) is 0 Å². The lowest BCUT2D eigenvalue weighted by Gasteiger charge is -1.94. The normalized spacial score (nSPS) is 34.1. The van der Waals surface area contributed by atoms with Crippen LogP contribution in [0.2, 0.25) is 0 Å². The molecule has 0 fully saturated rings. The van der Waals surface area contributed by atoms with E-state index in [0.29, 0.717) is 0 Å². The van der Waals surface area contributed by atoms with Gasteiger partial charge in [-0.2, -0.15) is 0 Å². The van der Waals surface area contributed by atoms with E-state index in [-0.39, 0.29) is 0 Å². The van der Waals surface area contributed by atoms with Gasteiger partial charge in [0.2, 0.25) is 0 Å². The van der Waals surface area contributed by atoms with Crippen molar-refractivity contribution in [3.63, 3.8) is 0 Å². The Morgan fingerprint density at radius 1 is 1.20 bits per heavy atom. The van der Waals surface area contributed by atoms with Crippen molar-refractivity contribution in [3.05, 3.63) is 47.7 Å². The van der Waals surface area contributed by atoms with E-state index in [1.165, 1.54) is 5.57 Å². The van der Waals surface area contributed by atoms with Gasteiger partial charge in [0.15, 0.2) is 0 Å². The van der Waals surface area contributed by atoms with E-state index in [4.69, 9.17) is 5.73 Å². The van der Waals surface area contributed by atoms with Crippen LogP contribution in [0.3, 0.4) is 0 Å². The van der Waals surface area contributed by atoms with E-state index in [0.717, 1.165) is 5.70 Å². The number of nitrogens with two attached hydrogens (primary N) is 1. The van der Waals surface area contributed by atoms with Gasteiger partial charge in [0.05, 0.1) is 0 Å². The third-order valence-electron chi connectivity index (χ3n) is 1.26. The molecule has 1 heteroatoms. The van der Waals surface area contributed by atoms with Gasteiger partial charge in [0.1, 0.15) is 0 Å². The maximum absolute atomic E-state index is 5.59. The molecular weight excluding hydrogens is 122 g/mol. The molecule has 0 bridgehead atoms. The summed E-state index contributed by atoms with van der Waals surface area (Å²) in [4.78, 5) is 0. The highest BCUT2D eigenvalue weighted by Crippen LogP contribution is 2.02. The van der Waals surface area contributed by atoms with Gasteiger partial charge in [-0.05, 0) is 24.6 Å². The lowest BCUT2D eigenvalue weighted by atomic mass is 10.2. The Balaban J connectivity index is 2.89. The molecule has 0 heterocycles. The van der Waals surface area contributed by atoms with Gasteiger partial charge in [-0.15, -0.1) is 0 Å². The average molecular weight is 133 g/mol. The first-order valence-corrected chi connectivity index (χ1v) is 3.28. The molecule has 52 valence electrons. The number of hydrogen-bond donors (Lipinski definition) is 1. The highest BCUT2D eigenvalue weighted by molar-refractivity contribution is 5.33. The minimum atomic E-state index is 0.804. The van der Waals surface area contributed by atoms with Crippen LogP contribution < -0.4 is 5.73 Å². The fraction of sp³-hybridized carbons (Fsp3) is 0.111. The summed E-state index contributed by atoms with van der Waals surface area (Å²) in [6, 6.07) is 0. The lowest BCUT2D eigenvalue weighted by molar-refractivity contribution is 1.37. The average Bonchev–Trinajstić information content (AvgIpc) is 1.83. The van der Waals surface area contributed by atoms with Gasteiger partial charge in [0, 0.05) is 5.70 Å². The molecule has 0 radical (unpaired) electrons. The Morgan fingerprint density at radius 2 is 2.00 bits per heavy atom. The third kappa shape index (κ3) is 1.94. The van der Waals surface area contributed by atoms with E-state index in [9.17, 15) is 0 Å². The smallest absolute Gasteiger partial charge is 0.0316 e. The van der Waals surface area contributed by atoms with Crippen molar-refractivity contribution in [3.8, 4) is 0 Å². The first kappa shape index (κ1) is 6.87. The van der Waals surface area contributed by atoms with Crippen LogP contribution in [0, 0.1) is 0 Å². The minimum absolute atomic E-state index is 0.804. The Bertz CT molecular complexity index is 226. The minimum Gasteiger partial charge on any atom is -0.399 e. The Morgan fingerprint density at radius 3 is 2.80 bits per heavy atom. The molecule has 1 aliphatic rings. The van der Waals surface area contributed by atoms with Gasteiger partial charge >= 0.3 is 0 Å². The summed E-state index contributed by atoms with van der Waals surface area (Å²) in [6.07, 6.45) is 11.7. The number of allylic oxidation sites excluding steroid dienone is 7. The Hall–Kier alpha value is -1.24. The van der Waals surface area contributed by atoms with Crippen molar-refractivity contribution in [2.24, 2.45) is 5.73 Å². The molecule has 1 nitrogen and oxygen atoms in total. The van der Waals surface area contributed by atoms with E-state index < -0.39 is 0 Å². The summed E-state index contributed by atoms with van der Waals surface area (Å²) in [6.45, 7) is 2.02. The van der Waals surface area contributed by atoms with E-state index in [1.54, 1.807) is 0 Å². The molecule has 0 aromatic heterocycles. The summed E-state index contributed by atoms with van der Waals surface area (Å²) >= 11 is 0. The first-order chi connectivity index (χ1) is 4.79. The molecule has 0 saturated heterocycles. The maximum atomic E-state index is 5.59. The summed E-state index contributed by atoms with van der Waals surface area (Å²) in [7, 11) is 0. The molecule has 0 saturated carbocycles. The quantitative estimate of drug-likeness (QED) is 0.536. The highest BCUT2D eigenvalue weighted by atomic mass is 14.5. The number of hydrogen-bond acceptors (Lipinski definition) is 1. The SMILES string of the molecule is CC1=C/C=C\C=C/C(N)=C\1. The molecule has 0 aliphatic heterocycles. The largest absolute Gasteiger partial charge is 0.399 e. The fourth-order valence-electron chi connectivity index (χ4n) is 0.797. The molecule has 2 N–H and O–H groups in total. The number of rotatable bonds is 0. The van der Waals surface area contributed by atoms with Crippen molar-refractivity contribution in [2.45, 2.75) is 6.92 Å². The van der Waals surface area contributed by atoms with Crippen molar-refractivity contribution < 1.29 is 0 Å². The molecule has 10 heavy (non-hydrogen) atoms. The second kappa shape index (κ2) is 3.06. The molecule has 0 aromatic rings. The first-order valence-electron chi connectivity index (χ1n) is 3.28. The van der Waals surface area contributed by atoms with Crippen LogP contribution in [0.4, 0.5) is 0 Å². The van der Waals surface area contributed by atoms with E-state index in [1.807, 2.05) is 43.4 Å². The molecule has 1 aliphatic carbocycles. The van der Waals surface area contributed by atoms with Gasteiger partial charge in [-0.25, -0.2) is 0 Å². The topological polar surface area (TPSA) is 26.0 Å². The summed E-state index contributed by atoms with van der Waals surface area (Å²) < 4.78 is 0. The van der Waals surface area contributed by atoms with Crippen LogP contribution in [0.25, 0.3) is 0 Å². The molecular formula is C9H11N. The van der Waals surface area contributed by atoms with Gasteiger partial charge in [0.25, 0.3) is 0 Å². The van der Waals surface area contributed by atoms with Crippen LogP contribution in [0.5, 0.6) is 0 Å². The predicted molar refractivity (Wildman–Crippen MR) is 44.3 cm³/mol. The second-order valence-corrected chi connectivity index (χ2v) is 2.30. The summed E-state index contributed by atoms with van der Waals surface area (Å²) in [5, 5.41) is 0. The van der Waals surface area contributed by atoms with E-state index >= 15 is 0 Å². The summed E-state index contributed by atoms with van der Waals surface area (Å²) in [5.41, 5.74) is 7.58. The van der Waals surface area contributed by atoms with Crippen LogP contribution in [-0.4, -0.2) is 0 Å². The van der Waals surface area contributed by atoms with Crippen LogP contribution in [0.15, 0.2) is 47.7 Å².